The number of rotatable bonds is 5. The lowest BCUT2D eigenvalue weighted by Crippen LogP contribution is -2.46. The van der Waals surface area contributed by atoms with E-state index in [0.717, 1.165) is 13.2 Å². The standard InChI is InChI=1S/C6H14O6.C2H4O.2CH4.6H2O/c7-1-3(9)5(11)6(12)4(10)2-8;1-2-3-1;;;;;;;;/h3-12H,1-2H2;1-2H2;2*1H4;6*1H2. The third-order valence-corrected chi connectivity index (χ3v) is 1.72. The van der Waals surface area contributed by atoms with Crippen molar-refractivity contribution in [3.05, 3.63) is 0 Å². The monoisotopic (exact) mass is 366 g/mol. The summed E-state index contributed by atoms with van der Waals surface area (Å²) >= 11 is 0. The molecular formula is C10H38O13. The molecule has 156 valence electrons. The van der Waals surface area contributed by atoms with Gasteiger partial charge in [-0.25, -0.2) is 0 Å². The molecule has 0 saturated carbocycles. The molecular weight excluding hydrogens is 328 g/mol. The van der Waals surface area contributed by atoms with Gasteiger partial charge in [0.1, 0.15) is 24.4 Å². The molecule has 4 atom stereocenters. The van der Waals surface area contributed by atoms with Crippen LogP contribution in [0.1, 0.15) is 14.9 Å². The second kappa shape index (κ2) is 33.2. The SMILES string of the molecule is C.C.C1CO1.O.O.O.O.O.O.OCC(O)C(O)C(O)C(O)CO. The molecule has 0 radical (unpaired) electrons. The maximum atomic E-state index is 8.96. The summed E-state index contributed by atoms with van der Waals surface area (Å²) in [4.78, 5) is 0. The molecule has 13 nitrogen and oxygen atoms in total. The van der Waals surface area contributed by atoms with Crippen LogP contribution in [0.4, 0.5) is 0 Å². The summed E-state index contributed by atoms with van der Waals surface area (Å²) in [5, 5.41) is 52.2. The second-order valence-corrected chi connectivity index (χ2v) is 3.09. The first-order valence-electron chi connectivity index (χ1n) is 4.56. The van der Waals surface area contributed by atoms with Crippen LogP contribution in [0, 0.1) is 0 Å². The van der Waals surface area contributed by atoms with Gasteiger partial charge in [-0.1, -0.05) is 14.9 Å². The highest BCUT2D eigenvalue weighted by Crippen LogP contribution is 2.03. The van der Waals surface area contributed by atoms with Crippen molar-refractivity contribution in [3.8, 4) is 0 Å². The average molecular weight is 366 g/mol. The van der Waals surface area contributed by atoms with Gasteiger partial charge in [-0.3, -0.25) is 0 Å². The normalized spacial score (nSPS) is 14.3. The molecule has 0 aromatic rings. The molecule has 18 N–H and O–H groups in total. The first-order chi connectivity index (χ1) is 7.04. The molecule has 1 saturated heterocycles. The number of aliphatic hydroxyl groups excluding tert-OH is 6. The van der Waals surface area contributed by atoms with Crippen molar-refractivity contribution in [2.75, 3.05) is 26.4 Å². The van der Waals surface area contributed by atoms with E-state index in [1.54, 1.807) is 0 Å². The Balaban J connectivity index is -0.0000000230. The van der Waals surface area contributed by atoms with Crippen LogP contribution in [0.15, 0.2) is 0 Å². The van der Waals surface area contributed by atoms with Gasteiger partial charge in [-0.15, -0.1) is 0 Å². The highest BCUT2D eigenvalue weighted by molar-refractivity contribution is 4.79. The van der Waals surface area contributed by atoms with Crippen molar-refractivity contribution in [1.82, 2.24) is 0 Å². The van der Waals surface area contributed by atoms with Gasteiger partial charge in [0, 0.05) is 0 Å². The fraction of sp³-hybridized carbons (Fsp3) is 1.00. The van der Waals surface area contributed by atoms with E-state index >= 15 is 0 Å². The molecule has 23 heavy (non-hydrogen) atoms. The van der Waals surface area contributed by atoms with Gasteiger partial charge in [0.2, 0.25) is 0 Å². The van der Waals surface area contributed by atoms with E-state index in [1.165, 1.54) is 0 Å². The van der Waals surface area contributed by atoms with Gasteiger partial charge < -0.3 is 68.2 Å². The van der Waals surface area contributed by atoms with Gasteiger partial charge >= 0.3 is 0 Å². The molecule has 1 heterocycles. The Morgan fingerprint density at radius 2 is 0.783 bits per heavy atom. The quantitative estimate of drug-likeness (QED) is 0.255. The van der Waals surface area contributed by atoms with Crippen LogP contribution in [0.2, 0.25) is 0 Å². The summed E-state index contributed by atoms with van der Waals surface area (Å²) in [6.45, 7) is 0.548. The molecule has 1 rings (SSSR count). The fourth-order valence-corrected chi connectivity index (χ4v) is 0.671. The minimum absolute atomic E-state index is 0. The lowest BCUT2D eigenvalue weighted by atomic mass is 10.0. The third-order valence-electron chi connectivity index (χ3n) is 1.72. The Morgan fingerprint density at radius 1 is 0.609 bits per heavy atom. The molecule has 4 unspecified atom stereocenters. The zero-order valence-corrected chi connectivity index (χ0v) is 11.2. The lowest BCUT2D eigenvalue weighted by Gasteiger charge is -2.24. The summed E-state index contributed by atoms with van der Waals surface area (Å²) in [5.74, 6) is 0. The summed E-state index contributed by atoms with van der Waals surface area (Å²) in [7, 11) is 0. The van der Waals surface area contributed by atoms with E-state index < -0.39 is 37.6 Å². The lowest BCUT2D eigenvalue weighted by molar-refractivity contribution is -0.123. The molecule has 1 aliphatic rings. The largest absolute Gasteiger partial charge is 0.412 e. The number of aliphatic hydroxyl groups is 6. The van der Waals surface area contributed by atoms with E-state index in [9.17, 15) is 0 Å². The van der Waals surface area contributed by atoms with Crippen LogP contribution >= 0.6 is 0 Å². The van der Waals surface area contributed by atoms with Crippen LogP contribution < -0.4 is 0 Å². The van der Waals surface area contributed by atoms with Crippen molar-refractivity contribution >= 4 is 0 Å². The van der Waals surface area contributed by atoms with Crippen LogP contribution in [-0.2, 0) is 4.74 Å². The average Bonchev–Trinajstić information content (AvgIpc) is 3.12. The molecule has 0 aliphatic carbocycles. The summed E-state index contributed by atoms with van der Waals surface area (Å²) in [6, 6.07) is 0. The van der Waals surface area contributed by atoms with Crippen molar-refractivity contribution < 1.29 is 68.2 Å². The molecule has 0 amide bonds. The van der Waals surface area contributed by atoms with Gasteiger partial charge in [-0.2, -0.15) is 0 Å². The van der Waals surface area contributed by atoms with Crippen LogP contribution in [-0.4, -0.2) is 114 Å². The summed E-state index contributed by atoms with van der Waals surface area (Å²) in [6.07, 6.45) is -6.39. The van der Waals surface area contributed by atoms with Gasteiger partial charge in [0.25, 0.3) is 0 Å². The van der Waals surface area contributed by atoms with Gasteiger partial charge in [0.15, 0.2) is 0 Å². The molecule has 0 aromatic carbocycles. The van der Waals surface area contributed by atoms with Crippen LogP contribution in [0.25, 0.3) is 0 Å². The molecule has 1 aliphatic heterocycles. The highest BCUT2D eigenvalue weighted by atomic mass is 16.6. The van der Waals surface area contributed by atoms with Crippen molar-refractivity contribution in [1.29, 1.82) is 0 Å². The minimum Gasteiger partial charge on any atom is -0.412 e. The van der Waals surface area contributed by atoms with Crippen LogP contribution in [0.3, 0.4) is 0 Å². The Hall–Kier alpha value is -0.520. The van der Waals surface area contributed by atoms with E-state index in [-0.39, 0.29) is 47.7 Å². The Bertz CT molecular complexity index is 143. The molecule has 0 aromatic heterocycles. The number of epoxide rings is 1. The van der Waals surface area contributed by atoms with Gasteiger partial charge in [-0.05, 0) is 0 Å². The van der Waals surface area contributed by atoms with E-state index in [2.05, 4.69) is 4.74 Å². The van der Waals surface area contributed by atoms with E-state index in [4.69, 9.17) is 30.6 Å². The van der Waals surface area contributed by atoms with Gasteiger partial charge in [0.05, 0.1) is 26.4 Å². The molecule has 0 bridgehead atoms. The topological polar surface area (TPSA) is 323 Å². The zero-order valence-electron chi connectivity index (χ0n) is 11.2. The van der Waals surface area contributed by atoms with E-state index in [0.29, 0.717) is 0 Å². The maximum absolute atomic E-state index is 8.96. The first-order valence-corrected chi connectivity index (χ1v) is 4.56. The summed E-state index contributed by atoms with van der Waals surface area (Å²) < 4.78 is 4.50. The maximum Gasteiger partial charge on any atom is 0.111 e. The number of hydrogen-bond donors (Lipinski definition) is 6. The van der Waals surface area contributed by atoms with Crippen molar-refractivity contribution in [2.45, 2.75) is 39.3 Å². The number of hydrogen-bond acceptors (Lipinski definition) is 7. The third kappa shape index (κ3) is 30.0. The summed E-state index contributed by atoms with van der Waals surface area (Å²) in [5.41, 5.74) is 0. The second-order valence-electron chi connectivity index (χ2n) is 3.09. The molecule has 1 fully saturated rings. The zero-order chi connectivity index (χ0) is 11.8. The minimum atomic E-state index is -1.67. The van der Waals surface area contributed by atoms with Crippen molar-refractivity contribution in [2.24, 2.45) is 0 Å². The van der Waals surface area contributed by atoms with E-state index in [1.807, 2.05) is 0 Å². The Kier molecular flexibility index (Phi) is 82.3. The Morgan fingerprint density at radius 3 is 0.870 bits per heavy atom. The number of ether oxygens (including phenoxy) is 1. The molecule has 0 spiro atoms. The first kappa shape index (κ1) is 57.1. The highest BCUT2D eigenvalue weighted by Gasteiger charge is 2.29. The van der Waals surface area contributed by atoms with Crippen molar-refractivity contribution in [3.63, 3.8) is 0 Å². The smallest absolute Gasteiger partial charge is 0.111 e. The van der Waals surface area contributed by atoms with Crippen LogP contribution in [0.5, 0.6) is 0 Å². The predicted molar refractivity (Wildman–Crippen MR) is 84.2 cm³/mol. The molecule has 13 heteroatoms. The fourth-order valence-electron chi connectivity index (χ4n) is 0.671. The Labute approximate surface area is 135 Å². The predicted octanol–water partition coefficient (Wildman–Crippen LogP) is -7.24.